The topological polar surface area (TPSA) is 80.2 Å². The van der Waals surface area contributed by atoms with Crippen LogP contribution in [0.15, 0.2) is 59.5 Å². The standard InChI is InChI=1S/C21H27N3O4S/c1-17(23(2)16-18-7-4-3-5-8-18)21(25)22-19-9-6-10-20(15-19)29(26,27)24-11-13-28-14-12-24/h3-10,15,17H,11-14,16H2,1-2H3,(H,22,25)/p+1/t17-/m1/s1. The second kappa shape index (κ2) is 9.49. The van der Waals surface area contributed by atoms with E-state index in [2.05, 4.69) is 5.32 Å². The molecule has 0 aliphatic carbocycles. The van der Waals surface area contributed by atoms with E-state index in [1.54, 1.807) is 18.2 Å². The van der Waals surface area contributed by atoms with Gasteiger partial charge in [0.1, 0.15) is 6.54 Å². The van der Waals surface area contributed by atoms with Crippen molar-refractivity contribution < 1.29 is 22.8 Å². The first-order chi connectivity index (χ1) is 13.9. The highest BCUT2D eigenvalue weighted by Crippen LogP contribution is 2.20. The Balaban J connectivity index is 1.66. The molecule has 0 aromatic heterocycles. The first kappa shape index (κ1) is 21.4. The molecule has 0 spiro atoms. The fourth-order valence-corrected chi connectivity index (χ4v) is 4.67. The molecular weight excluding hydrogens is 390 g/mol. The molecule has 8 heteroatoms. The first-order valence-corrected chi connectivity index (χ1v) is 11.2. The number of nitrogens with one attached hydrogen (secondary N) is 2. The molecule has 0 radical (unpaired) electrons. The number of carbonyl (C=O) groups excluding carboxylic acids is 1. The van der Waals surface area contributed by atoms with Crippen molar-refractivity contribution in [2.24, 2.45) is 0 Å². The van der Waals surface area contributed by atoms with E-state index in [1.807, 2.05) is 44.3 Å². The summed E-state index contributed by atoms with van der Waals surface area (Å²) in [7, 11) is -1.63. The van der Waals surface area contributed by atoms with Crippen molar-refractivity contribution in [3.05, 3.63) is 60.2 Å². The van der Waals surface area contributed by atoms with Crippen molar-refractivity contribution in [1.82, 2.24) is 4.31 Å². The molecule has 3 rings (SSSR count). The number of ether oxygens (including phenoxy) is 1. The highest BCUT2D eigenvalue weighted by molar-refractivity contribution is 7.89. The molecule has 1 heterocycles. The minimum Gasteiger partial charge on any atom is -0.379 e. The number of carbonyl (C=O) groups is 1. The summed E-state index contributed by atoms with van der Waals surface area (Å²) >= 11 is 0. The zero-order chi connectivity index (χ0) is 20.9. The summed E-state index contributed by atoms with van der Waals surface area (Å²) in [5.74, 6) is -0.153. The van der Waals surface area contributed by atoms with Crippen LogP contribution in [0.1, 0.15) is 12.5 Å². The number of nitrogens with zero attached hydrogens (tertiary/aromatic N) is 1. The van der Waals surface area contributed by atoms with Crippen molar-refractivity contribution in [2.75, 3.05) is 38.7 Å². The van der Waals surface area contributed by atoms with Gasteiger partial charge in [-0.1, -0.05) is 36.4 Å². The molecule has 1 fully saturated rings. The quantitative estimate of drug-likeness (QED) is 0.696. The average molecular weight is 419 g/mol. The van der Waals surface area contributed by atoms with Gasteiger partial charge in [-0.15, -0.1) is 0 Å². The normalized spacial score (nSPS) is 17.4. The summed E-state index contributed by atoms with van der Waals surface area (Å²) in [4.78, 5) is 13.9. The Labute approximate surface area is 172 Å². The number of morpholine rings is 1. The molecule has 29 heavy (non-hydrogen) atoms. The molecular formula is C21H28N3O4S+. The van der Waals surface area contributed by atoms with E-state index in [1.165, 1.54) is 10.4 Å². The van der Waals surface area contributed by atoms with Crippen LogP contribution in [0, 0.1) is 0 Å². The Morgan fingerprint density at radius 1 is 1.14 bits per heavy atom. The number of hydrogen-bond acceptors (Lipinski definition) is 4. The summed E-state index contributed by atoms with van der Waals surface area (Å²) < 4.78 is 32.3. The minimum atomic E-state index is -3.60. The van der Waals surface area contributed by atoms with Crippen LogP contribution in [-0.2, 0) is 26.1 Å². The van der Waals surface area contributed by atoms with E-state index in [9.17, 15) is 13.2 Å². The molecule has 1 aliphatic heterocycles. The van der Waals surface area contributed by atoms with E-state index in [0.717, 1.165) is 17.0 Å². The number of anilines is 1. The van der Waals surface area contributed by atoms with Crippen molar-refractivity contribution in [2.45, 2.75) is 24.4 Å². The van der Waals surface area contributed by atoms with Crippen molar-refractivity contribution in [1.29, 1.82) is 0 Å². The molecule has 0 bridgehead atoms. The fraction of sp³-hybridized carbons (Fsp3) is 0.381. The van der Waals surface area contributed by atoms with Crippen LogP contribution < -0.4 is 10.2 Å². The lowest BCUT2D eigenvalue weighted by Gasteiger charge is -2.26. The maximum absolute atomic E-state index is 12.8. The van der Waals surface area contributed by atoms with Gasteiger partial charge in [0.25, 0.3) is 5.91 Å². The monoisotopic (exact) mass is 418 g/mol. The van der Waals surface area contributed by atoms with E-state index in [0.29, 0.717) is 32.0 Å². The summed E-state index contributed by atoms with van der Waals surface area (Å²) in [6, 6.07) is 16.1. The minimum absolute atomic E-state index is 0.153. The van der Waals surface area contributed by atoms with Crippen LogP contribution in [0.2, 0.25) is 0 Å². The van der Waals surface area contributed by atoms with Crippen molar-refractivity contribution >= 4 is 21.6 Å². The van der Waals surface area contributed by atoms with E-state index >= 15 is 0 Å². The first-order valence-electron chi connectivity index (χ1n) is 9.73. The van der Waals surface area contributed by atoms with Crippen LogP contribution in [0.4, 0.5) is 5.69 Å². The number of quaternary nitrogens is 1. The van der Waals surface area contributed by atoms with Gasteiger partial charge in [-0.05, 0) is 25.1 Å². The average Bonchev–Trinajstić information content (AvgIpc) is 2.74. The van der Waals surface area contributed by atoms with Gasteiger partial charge in [-0.3, -0.25) is 4.79 Å². The van der Waals surface area contributed by atoms with Gasteiger partial charge >= 0.3 is 0 Å². The van der Waals surface area contributed by atoms with Gasteiger partial charge in [-0.2, -0.15) is 4.31 Å². The van der Waals surface area contributed by atoms with Gasteiger partial charge in [0.05, 0.1) is 25.2 Å². The summed E-state index contributed by atoms with van der Waals surface area (Å²) in [6.45, 7) is 4.05. The highest BCUT2D eigenvalue weighted by atomic mass is 32.2. The third-order valence-corrected chi connectivity index (χ3v) is 7.06. The van der Waals surface area contributed by atoms with Crippen LogP contribution in [0.5, 0.6) is 0 Å². The predicted molar refractivity (Wildman–Crippen MR) is 111 cm³/mol. The number of amides is 1. The fourth-order valence-electron chi connectivity index (χ4n) is 3.22. The Morgan fingerprint density at radius 3 is 2.52 bits per heavy atom. The molecule has 2 aromatic carbocycles. The molecule has 1 saturated heterocycles. The van der Waals surface area contributed by atoms with E-state index in [4.69, 9.17) is 4.74 Å². The molecule has 7 nitrogen and oxygen atoms in total. The number of rotatable bonds is 7. The molecule has 1 aliphatic rings. The van der Waals surface area contributed by atoms with Gasteiger partial charge in [0.15, 0.2) is 6.04 Å². The van der Waals surface area contributed by atoms with Crippen LogP contribution in [0.3, 0.4) is 0 Å². The number of hydrogen-bond donors (Lipinski definition) is 2. The molecule has 1 unspecified atom stereocenters. The van der Waals surface area contributed by atoms with Gasteiger partial charge in [-0.25, -0.2) is 8.42 Å². The zero-order valence-electron chi connectivity index (χ0n) is 16.8. The molecule has 2 atom stereocenters. The van der Waals surface area contributed by atoms with E-state index in [-0.39, 0.29) is 16.8 Å². The Morgan fingerprint density at radius 2 is 1.83 bits per heavy atom. The lowest BCUT2D eigenvalue weighted by Crippen LogP contribution is -3.12. The molecule has 2 N–H and O–H groups in total. The molecule has 1 amide bonds. The third kappa shape index (κ3) is 5.42. The second-order valence-corrected chi connectivity index (χ2v) is 9.20. The lowest BCUT2D eigenvalue weighted by atomic mass is 10.2. The van der Waals surface area contributed by atoms with Crippen LogP contribution in [0.25, 0.3) is 0 Å². The number of likely N-dealkylation sites (N-methyl/N-ethyl adjacent to an activating group) is 1. The SMILES string of the molecule is C[C@H](C(=O)Nc1cccc(S(=O)(=O)N2CCOCC2)c1)[NH+](C)Cc1ccccc1. The van der Waals surface area contributed by atoms with Crippen molar-refractivity contribution in [3.8, 4) is 0 Å². The molecule has 156 valence electrons. The third-order valence-electron chi connectivity index (χ3n) is 5.17. The largest absolute Gasteiger partial charge is 0.379 e. The van der Waals surface area contributed by atoms with Gasteiger partial charge in [0.2, 0.25) is 10.0 Å². The Kier molecular flexibility index (Phi) is 7.02. The van der Waals surface area contributed by atoms with Crippen LogP contribution in [-0.4, -0.2) is 58.0 Å². The van der Waals surface area contributed by atoms with Crippen molar-refractivity contribution in [3.63, 3.8) is 0 Å². The summed E-state index contributed by atoms with van der Waals surface area (Å²) in [6.07, 6.45) is 0. The van der Waals surface area contributed by atoms with Crippen LogP contribution >= 0.6 is 0 Å². The smallest absolute Gasteiger partial charge is 0.282 e. The second-order valence-electron chi connectivity index (χ2n) is 7.26. The predicted octanol–water partition coefficient (Wildman–Crippen LogP) is 0.749. The highest BCUT2D eigenvalue weighted by Gasteiger charge is 2.27. The molecule has 2 aromatic rings. The number of benzene rings is 2. The number of sulfonamides is 1. The Bertz CT molecular complexity index is 928. The molecule has 0 saturated carbocycles. The van der Waals surface area contributed by atoms with Gasteiger partial charge < -0.3 is 15.0 Å². The maximum Gasteiger partial charge on any atom is 0.282 e. The van der Waals surface area contributed by atoms with Gasteiger partial charge in [0, 0.05) is 24.3 Å². The zero-order valence-corrected chi connectivity index (χ0v) is 17.6. The Hall–Kier alpha value is -2.26. The lowest BCUT2D eigenvalue weighted by molar-refractivity contribution is -0.907. The summed E-state index contributed by atoms with van der Waals surface area (Å²) in [5.41, 5.74) is 1.63. The summed E-state index contributed by atoms with van der Waals surface area (Å²) in [5, 5.41) is 2.86. The van der Waals surface area contributed by atoms with E-state index < -0.39 is 10.0 Å². The maximum atomic E-state index is 12.8.